The van der Waals surface area contributed by atoms with Crippen LogP contribution in [0.5, 0.6) is 0 Å². The molecule has 0 fully saturated rings. The Balaban J connectivity index is 3.26. The Hall–Kier alpha value is -1.62. The first-order valence-corrected chi connectivity index (χ1v) is 3.97. The van der Waals surface area contributed by atoms with Gasteiger partial charge in [0.25, 0.3) is 0 Å². The van der Waals surface area contributed by atoms with Gasteiger partial charge in [-0.2, -0.15) is 0 Å². The molecular formula is C9H11FN2O2. The van der Waals surface area contributed by atoms with E-state index in [0.717, 1.165) is 6.07 Å². The number of carbonyl (C=O) groups is 1. The Morgan fingerprint density at radius 1 is 1.57 bits per heavy atom. The molecule has 5 heteroatoms. The monoisotopic (exact) mass is 198 g/mol. The molecule has 0 spiro atoms. The van der Waals surface area contributed by atoms with Gasteiger partial charge in [0, 0.05) is 11.3 Å². The van der Waals surface area contributed by atoms with Crippen molar-refractivity contribution in [3.8, 4) is 0 Å². The van der Waals surface area contributed by atoms with Gasteiger partial charge in [0.1, 0.15) is 11.9 Å². The third-order valence-corrected chi connectivity index (χ3v) is 1.98. The third kappa shape index (κ3) is 1.82. The summed E-state index contributed by atoms with van der Waals surface area (Å²) in [6.07, 6.45) is 0. The Morgan fingerprint density at radius 3 is 2.64 bits per heavy atom. The maximum absolute atomic E-state index is 12.9. The molecule has 76 valence electrons. The van der Waals surface area contributed by atoms with Gasteiger partial charge in [-0.15, -0.1) is 0 Å². The van der Waals surface area contributed by atoms with E-state index in [0.29, 0.717) is 5.56 Å². The van der Waals surface area contributed by atoms with Crippen LogP contribution >= 0.6 is 0 Å². The summed E-state index contributed by atoms with van der Waals surface area (Å²) in [7, 11) is 0. The maximum Gasteiger partial charge on any atom is 0.325 e. The van der Waals surface area contributed by atoms with E-state index in [1.54, 1.807) is 6.92 Å². The Labute approximate surface area is 80.3 Å². The lowest BCUT2D eigenvalue weighted by Gasteiger charge is -2.12. The molecule has 1 rings (SSSR count). The van der Waals surface area contributed by atoms with Crippen LogP contribution < -0.4 is 11.5 Å². The van der Waals surface area contributed by atoms with Crippen molar-refractivity contribution in [3.63, 3.8) is 0 Å². The number of aryl methyl sites for hydroxylation is 1. The van der Waals surface area contributed by atoms with Crippen LogP contribution in [0.3, 0.4) is 0 Å². The number of carboxylic acids is 1. The van der Waals surface area contributed by atoms with E-state index in [1.165, 1.54) is 6.07 Å². The first-order chi connectivity index (χ1) is 6.43. The molecule has 0 aliphatic heterocycles. The van der Waals surface area contributed by atoms with Crippen molar-refractivity contribution < 1.29 is 14.3 Å². The Kier molecular flexibility index (Phi) is 2.71. The highest BCUT2D eigenvalue weighted by atomic mass is 19.1. The van der Waals surface area contributed by atoms with Crippen molar-refractivity contribution in [2.75, 3.05) is 5.73 Å². The first kappa shape index (κ1) is 10.5. The molecule has 1 aromatic carbocycles. The third-order valence-electron chi connectivity index (χ3n) is 1.98. The van der Waals surface area contributed by atoms with Crippen molar-refractivity contribution in [3.05, 3.63) is 29.1 Å². The van der Waals surface area contributed by atoms with Crippen LogP contribution in [0.2, 0.25) is 0 Å². The van der Waals surface area contributed by atoms with Crippen molar-refractivity contribution in [1.29, 1.82) is 0 Å². The number of benzene rings is 1. The van der Waals surface area contributed by atoms with Crippen molar-refractivity contribution in [1.82, 2.24) is 0 Å². The quantitative estimate of drug-likeness (QED) is 0.613. The largest absolute Gasteiger partial charge is 0.480 e. The van der Waals surface area contributed by atoms with Gasteiger partial charge in [-0.1, -0.05) is 0 Å². The lowest BCUT2D eigenvalue weighted by Crippen LogP contribution is -2.22. The molecule has 0 radical (unpaired) electrons. The molecule has 0 bridgehead atoms. The van der Waals surface area contributed by atoms with Gasteiger partial charge in [-0.25, -0.2) is 4.39 Å². The fraction of sp³-hybridized carbons (Fsp3) is 0.222. The smallest absolute Gasteiger partial charge is 0.325 e. The lowest BCUT2D eigenvalue weighted by molar-refractivity contribution is -0.138. The second kappa shape index (κ2) is 3.63. The van der Waals surface area contributed by atoms with Crippen LogP contribution in [0.25, 0.3) is 0 Å². The average molecular weight is 198 g/mol. The number of nitrogens with two attached hydrogens (primary N) is 2. The number of aliphatic carboxylic acids is 1. The van der Waals surface area contributed by atoms with E-state index in [4.69, 9.17) is 16.6 Å². The predicted molar refractivity (Wildman–Crippen MR) is 50.1 cm³/mol. The molecule has 0 saturated carbocycles. The van der Waals surface area contributed by atoms with Gasteiger partial charge in [0.15, 0.2) is 0 Å². The van der Waals surface area contributed by atoms with Gasteiger partial charge < -0.3 is 16.6 Å². The van der Waals surface area contributed by atoms with E-state index < -0.39 is 17.8 Å². The topological polar surface area (TPSA) is 89.3 Å². The van der Waals surface area contributed by atoms with Crippen LogP contribution in [0, 0.1) is 12.7 Å². The summed E-state index contributed by atoms with van der Waals surface area (Å²) >= 11 is 0. The molecule has 0 saturated heterocycles. The van der Waals surface area contributed by atoms with Crippen molar-refractivity contribution in [2.45, 2.75) is 13.0 Å². The number of hydrogen-bond donors (Lipinski definition) is 3. The molecule has 1 atom stereocenters. The van der Waals surface area contributed by atoms with Gasteiger partial charge in [-0.05, 0) is 24.6 Å². The summed E-state index contributed by atoms with van der Waals surface area (Å²) in [5.74, 6) is -1.77. The molecule has 1 aromatic rings. The fourth-order valence-electron chi connectivity index (χ4n) is 1.17. The molecule has 0 heterocycles. The number of carboxylic acid groups (broad SMARTS) is 1. The standard InChI is InChI=1S/C9H11FN2O2/c1-4-2-5(10)3-6(7(4)11)8(12)9(13)14/h2-3,8H,11-12H2,1H3,(H,13,14)/t8-/m1/s1. The van der Waals surface area contributed by atoms with E-state index in [-0.39, 0.29) is 11.3 Å². The minimum Gasteiger partial charge on any atom is -0.480 e. The Bertz CT molecular complexity index is 379. The molecule has 5 N–H and O–H groups in total. The molecule has 0 aliphatic carbocycles. The zero-order chi connectivity index (χ0) is 10.9. The summed E-state index contributed by atoms with van der Waals surface area (Å²) < 4.78 is 12.9. The van der Waals surface area contributed by atoms with Gasteiger partial charge in [0.2, 0.25) is 0 Å². The highest BCUT2D eigenvalue weighted by molar-refractivity contribution is 5.78. The summed E-state index contributed by atoms with van der Waals surface area (Å²) in [4.78, 5) is 10.6. The molecule has 0 aromatic heterocycles. The molecule has 0 aliphatic rings. The zero-order valence-electron chi connectivity index (χ0n) is 7.62. The number of anilines is 1. The first-order valence-electron chi connectivity index (χ1n) is 3.97. The van der Waals surface area contributed by atoms with E-state index >= 15 is 0 Å². The molecular weight excluding hydrogens is 187 g/mol. The van der Waals surface area contributed by atoms with E-state index in [9.17, 15) is 9.18 Å². The average Bonchev–Trinajstić information content (AvgIpc) is 2.09. The molecule has 4 nitrogen and oxygen atoms in total. The minimum absolute atomic E-state index is 0.106. The molecule has 0 unspecified atom stereocenters. The normalized spacial score (nSPS) is 12.5. The highest BCUT2D eigenvalue weighted by Crippen LogP contribution is 2.23. The van der Waals surface area contributed by atoms with Crippen LogP contribution in [-0.4, -0.2) is 11.1 Å². The SMILES string of the molecule is Cc1cc(F)cc([C@@H](N)C(=O)O)c1N. The summed E-state index contributed by atoms with van der Waals surface area (Å²) in [6.45, 7) is 1.59. The van der Waals surface area contributed by atoms with Crippen molar-refractivity contribution >= 4 is 11.7 Å². The van der Waals surface area contributed by atoms with Crippen LogP contribution in [-0.2, 0) is 4.79 Å². The van der Waals surface area contributed by atoms with Crippen LogP contribution in [0.1, 0.15) is 17.2 Å². The maximum atomic E-state index is 12.9. The van der Waals surface area contributed by atoms with Gasteiger partial charge >= 0.3 is 5.97 Å². The van der Waals surface area contributed by atoms with Crippen LogP contribution in [0.15, 0.2) is 12.1 Å². The van der Waals surface area contributed by atoms with E-state index in [1.807, 2.05) is 0 Å². The minimum atomic E-state index is -1.29. The van der Waals surface area contributed by atoms with Crippen molar-refractivity contribution in [2.24, 2.45) is 5.73 Å². The number of nitrogen functional groups attached to an aromatic ring is 1. The molecule has 0 amide bonds. The number of halogens is 1. The summed E-state index contributed by atoms with van der Waals surface area (Å²) in [5, 5.41) is 8.64. The second-order valence-electron chi connectivity index (χ2n) is 3.04. The summed E-state index contributed by atoms with van der Waals surface area (Å²) in [5.41, 5.74) is 11.7. The zero-order valence-corrected chi connectivity index (χ0v) is 7.62. The van der Waals surface area contributed by atoms with Crippen LogP contribution in [0.4, 0.5) is 10.1 Å². The number of hydrogen-bond acceptors (Lipinski definition) is 3. The predicted octanol–water partition coefficient (Wildman–Crippen LogP) is 0.801. The van der Waals surface area contributed by atoms with Gasteiger partial charge in [0.05, 0.1) is 0 Å². The second-order valence-corrected chi connectivity index (χ2v) is 3.04. The molecule has 14 heavy (non-hydrogen) atoms. The number of rotatable bonds is 2. The fourth-order valence-corrected chi connectivity index (χ4v) is 1.17. The summed E-state index contributed by atoms with van der Waals surface area (Å²) in [6, 6.07) is 0.985. The van der Waals surface area contributed by atoms with Gasteiger partial charge in [-0.3, -0.25) is 4.79 Å². The highest BCUT2D eigenvalue weighted by Gasteiger charge is 2.18. The van der Waals surface area contributed by atoms with E-state index in [2.05, 4.69) is 0 Å². The Morgan fingerprint density at radius 2 is 2.14 bits per heavy atom. The lowest BCUT2D eigenvalue weighted by atomic mass is 10.0.